The van der Waals surface area contributed by atoms with Crippen LogP contribution < -0.4 is 16.6 Å². The molecule has 0 bridgehead atoms. The monoisotopic (exact) mass is 307 g/mol. The van der Waals surface area contributed by atoms with Crippen LogP contribution in [-0.2, 0) is 6.54 Å². The maximum absolute atomic E-state index is 12.3. The number of nitrogens with zero attached hydrogens (tertiary/aromatic N) is 2. The lowest BCUT2D eigenvalue weighted by Crippen LogP contribution is -2.46. The molecular formula is C16H25N3O3. The number of allylic oxidation sites excluding steroid dienone is 1. The number of unbranched alkanes of at least 4 members (excludes halogenated alkanes) is 3. The van der Waals surface area contributed by atoms with Gasteiger partial charge in [0, 0.05) is 24.8 Å². The molecule has 6 nitrogen and oxygen atoms in total. The van der Waals surface area contributed by atoms with Gasteiger partial charge in [0.2, 0.25) is 0 Å². The third-order valence-electron chi connectivity index (χ3n) is 3.42. The summed E-state index contributed by atoms with van der Waals surface area (Å²) in [6, 6.07) is -0.489. The van der Waals surface area contributed by atoms with E-state index in [0.717, 1.165) is 34.8 Å². The summed E-state index contributed by atoms with van der Waals surface area (Å²) in [7, 11) is 0. The number of rotatable bonds is 8. The van der Waals surface area contributed by atoms with Gasteiger partial charge in [-0.15, -0.1) is 6.58 Å². The van der Waals surface area contributed by atoms with E-state index in [1.165, 1.54) is 6.20 Å². The van der Waals surface area contributed by atoms with Crippen LogP contribution in [0.1, 0.15) is 44.6 Å². The van der Waals surface area contributed by atoms with Crippen molar-refractivity contribution in [3.8, 4) is 0 Å². The van der Waals surface area contributed by atoms with Crippen LogP contribution >= 0.6 is 0 Å². The van der Waals surface area contributed by atoms with Crippen LogP contribution in [0.5, 0.6) is 0 Å². The van der Waals surface area contributed by atoms with Crippen LogP contribution in [0.3, 0.4) is 0 Å². The number of hydrogen-bond donors (Lipinski definition) is 1. The molecule has 0 saturated carbocycles. The zero-order chi connectivity index (χ0) is 16.5. The van der Waals surface area contributed by atoms with Crippen LogP contribution in [-0.4, -0.2) is 21.7 Å². The third-order valence-corrected chi connectivity index (χ3v) is 3.42. The molecule has 0 fully saturated rings. The predicted molar refractivity (Wildman–Crippen MR) is 87.5 cm³/mol. The van der Waals surface area contributed by atoms with Gasteiger partial charge in [0.05, 0.1) is 0 Å². The van der Waals surface area contributed by atoms with Crippen molar-refractivity contribution in [2.75, 3.05) is 6.54 Å². The fourth-order valence-corrected chi connectivity index (χ4v) is 2.13. The van der Waals surface area contributed by atoms with Gasteiger partial charge in [-0.25, -0.2) is 14.2 Å². The van der Waals surface area contributed by atoms with Crippen molar-refractivity contribution in [3.05, 3.63) is 45.3 Å². The summed E-state index contributed by atoms with van der Waals surface area (Å²) < 4.78 is 2.05. The number of aryl methyl sites for hydroxylation is 1. The summed E-state index contributed by atoms with van der Waals surface area (Å²) in [5.41, 5.74) is -0.604. The van der Waals surface area contributed by atoms with Crippen molar-refractivity contribution in [2.24, 2.45) is 0 Å². The highest BCUT2D eigenvalue weighted by atomic mass is 16.2. The van der Waals surface area contributed by atoms with Crippen LogP contribution in [0, 0.1) is 6.92 Å². The van der Waals surface area contributed by atoms with Crippen LogP contribution in [0.2, 0.25) is 0 Å². The molecule has 0 atom stereocenters. The molecule has 1 aromatic heterocycles. The number of carbonyl (C=O) groups is 1. The van der Waals surface area contributed by atoms with Gasteiger partial charge < -0.3 is 5.32 Å². The van der Waals surface area contributed by atoms with E-state index in [9.17, 15) is 14.4 Å². The normalized spacial score (nSPS) is 10.5. The summed E-state index contributed by atoms with van der Waals surface area (Å²) in [5, 5.41) is 2.72. The van der Waals surface area contributed by atoms with Gasteiger partial charge in [0.1, 0.15) is 0 Å². The quantitative estimate of drug-likeness (QED) is 0.590. The molecule has 1 heterocycles. The van der Waals surface area contributed by atoms with Gasteiger partial charge >= 0.3 is 11.7 Å². The Labute approximate surface area is 130 Å². The molecule has 1 aromatic rings. The molecule has 1 rings (SSSR count). The van der Waals surface area contributed by atoms with E-state index in [1.807, 2.05) is 0 Å². The summed E-state index contributed by atoms with van der Waals surface area (Å²) in [4.78, 5) is 36.3. The first kappa shape index (κ1) is 17.9. The Balaban J connectivity index is 2.88. The van der Waals surface area contributed by atoms with E-state index in [0.29, 0.717) is 18.5 Å². The summed E-state index contributed by atoms with van der Waals surface area (Å²) >= 11 is 0. The average molecular weight is 307 g/mol. The Morgan fingerprint density at radius 2 is 2.05 bits per heavy atom. The highest BCUT2D eigenvalue weighted by molar-refractivity contribution is 5.76. The molecule has 0 aromatic carbocycles. The van der Waals surface area contributed by atoms with E-state index in [1.54, 1.807) is 13.0 Å². The number of hydrogen-bond acceptors (Lipinski definition) is 3. The first-order valence-electron chi connectivity index (χ1n) is 7.75. The summed E-state index contributed by atoms with van der Waals surface area (Å²) in [6.07, 6.45) is 7.61. The van der Waals surface area contributed by atoms with Crippen molar-refractivity contribution >= 4 is 6.03 Å². The molecular weight excluding hydrogens is 282 g/mol. The minimum absolute atomic E-state index is 0.229. The van der Waals surface area contributed by atoms with Crippen molar-refractivity contribution < 1.29 is 4.79 Å². The fraction of sp³-hybridized carbons (Fsp3) is 0.562. The number of amides is 1. The molecule has 0 radical (unpaired) electrons. The molecule has 1 N–H and O–H groups in total. The first-order chi connectivity index (χ1) is 10.5. The van der Waals surface area contributed by atoms with Crippen molar-refractivity contribution in [3.63, 3.8) is 0 Å². The molecule has 0 unspecified atom stereocenters. The predicted octanol–water partition coefficient (Wildman–Crippen LogP) is 2.03. The molecule has 6 heteroatoms. The van der Waals surface area contributed by atoms with Gasteiger partial charge in [-0.1, -0.05) is 32.3 Å². The van der Waals surface area contributed by atoms with Gasteiger partial charge in [0.15, 0.2) is 0 Å². The van der Waals surface area contributed by atoms with Crippen molar-refractivity contribution in [2.45, 2.75) is 52.5 Å². The maximum atomic E-state index is 12.3. The Morgan fingerprint density at radius 1 is 1.32 bits per heavy atom. The van der Waals surface area contributed by atoms with Crippen LogP contribution in [0.15, 0.2) is 28.4 Å². The molecule has 122 valence electrons. The highest BCUT2D eigenvalue weighted by Gasteiger charge is 2.13. The second-order valence-corrected chi connectivity index (χ2v) is 5.29. The molecule has 0 aliphatic heterocycles. The summed E-state index contributed by atoms with van der Waals surface area (Å²) in [6.45, 7) is 8.04. The minimum atomic E-state index is -0.608. The SMILES string of the molecule is C=CCCn1c(=O)c(C)cn(C(=O)NCCCCCC)c1=O. The second-order valence-electron chi connectivity index (χ2n) is 5.29. The Bertz CT molecular complexity index is 629. The molecule has 22 heavy (non-hydrogen) atoms. The van der Waals surface area contributed by atoms with Gasteiger partial charge in [0.25, 0.3) is 5.56 Å². The van der Waals surface area contributed by atoms with Crippen LogP contribution in [0.4, 0.5) is 4.79 Å². The van der Waals surface area contributed by atoms with E-state index in [2.05, 4.69) is 18.8 Å². The molecule has 0 saturated heterocycles. The highest BCUT2D eigenvalue weighted by Crippen LogP contribution is 1.97. The third kappa shape index (κ3) is 4.72. The molecule has 1 amide bonds. The van der Waals surface area contributed by atoms with E-state index >= 15 is 0 Å². The lowest BCUT2D eigenvalue weighted by atomic mass is 10.2. The first-order valence-corrected chi connectivity index (χ1v) is 7.75. The lowest BCUT2D eigenvalue weighted by molar-refractivity contribution is 0.240. The second kappa shape index (κ2) is 9.02. The Kier molecular flexibility index (Phi) is 7.36. The van der Waals surface area contributed by atoms with E-state index in [-0.39, 0.29) is 12.1 Å². The number of carbonyl (C=O) groups excluding carboxylic acids is 1. The van der Waals surface area contributed by atoms with E-state index < -0.39 is 11.7 Å². The smallest absolute Gasteiger partial charge is 0.337 e. The molecule has 0 aliphatic carbocycles. The largest absolute Gasteiger partial charge is 0.339 e. The van der Waals surface area contributed by atoms with Crippen molar-refractivity contribution in [1.29, 1.82) is 0 Å². The topological polar surface area (TPSA) is 73.1 Å². The van der Waals surface area contributed by atoms with E-state index in [4.69, 9.17) is 0 Å². The van der Waals surface area contributed by atoms with Crippen LogP contribution in [0.25, 0.3) is 0 Å². The maximum Gasteiger partial charge on any atom is 0.339 e. The number of aromatic nitrogens is 2. The lowest BCUT2D eigenvalue weighted by Gasteiger charge is -2.11. The fourth-order valence-electron chi connectivity index (χ4n) is 2.13. The standard InChI is InChI=1S/C16H25N3O3/c1-4-6-8-9-10-17-15(21)19-12-13(3)14(20)18(16(19)22)11-7-5-2/h5,12H,2,4,6-11H2,1,3H3,(H,17,21). The Morgan fingerprint density at radius 3 is 2.68 bits per heavy atom. The average Bonchev–Trinajstić information content (AvgIpc) is 2.50. The zero-order valence-corrected chi connectivity index (χ0v) is 13.4. The summed E-state index contributed by atoms with van der Waals surface area (Å²) in [5.74, 6) is 0. The minimum Gasteiger partial charge on any atom is -0.337 e. The zero-order valence-electron chi connectivity index (χ0n) is 13.4. The Hall–Kier alpha value is -2.11. The van der Waals surface area contributed by atoms with Crippen molar-refractivity contribution in [1.82, 2.24) is 14.5 Å². The van der Waals surface area contributed by atoms with Gasteiger partial charge in [-0.2, -0.15) is 0 Å². The molecule has 0 aliphatic rings. The molecule has 0 spiro atoms. The number of nitrogens with one attached hydrogen (secondary N) is 1. The van der Waals surface area contributed by atoms with Gasteiger partial charge in [-0.05, 0) is 19.8 Å². The van der Waals surface area contributed by atoms with Gasteiger partial charge in [-0.3, -0.25) is 9.36 Å².